The third-order valence-corrected chi connectivity index (χ3v) is 5.31. The highest BCUT2D eigenvalue weighted by molar-refractivity contribution is 5.94. The van der Waals surface area contributed by atoms with Crippen molar-refractivity contribution in [2.24, 2.45) is 5.92 Å². The van der Waals surface area contributed by atoms with Crippen LogP contribution in [0.1, 0.15) is 35.8 Å². The summed E-state index contributed by atoms with van der Waals surface area (Å²) in [6, 6.07) is 5.31. The summed E-state index contributed by atoms with van der Waals surface area (Å²) >= 11 is 0. The molecule has 1 aromatic heterocycles. The van der Waals surface area contributed by atoms with Gasteiger partial charge in [0.25, 0.3) is 5.91 Å². The van der Waals surface area contributed by atoms with Gasteiger partial charge in [-0.3, -0.25) is 9.69 Å². The van der Waals surface area contributed by atoms with Gasteiger partial charge >= 0.3 is 0 Å². The third-order valence-electron chi connectivity index (χ3n) is 5.31. The van der Waals surface area contributed by atoms with Crippen LogP contribution in [0, 0.1) is 5.92 Å². The van der Waals surface area contributed by atoms with Crippen molar-refractivity contribution < 1.29 is 14.3 Å². The van der Waals surface area contributed by atoms with Gasteiger partial charge in [0.2, 0.25) is 6.79 Å². The summed E-state index contributed by atoms with van der Waals surface area (Å²) < 4.78 is 12.8. The number of hydrogen-bond donors (Lipinski definition) is 1. The maximum atomic E-state index is 12.5. The summed E-state index contributed by atoms with van der Waals surface area (Å²) in [5.41, 5.74) is 1.86. The van der Waals surface area contributed by atoms with Crippen LogP contribution in [-0.2, 0) is 13.1 Å². The molecule has 1 atom stereocenters. The fourth-order valence-corrected chi connectivity index (χ4v) is 3.83. The lowest BCUT2D eigenvalue weighted by atomic mass is 9.97. The van der Waals surface area contributed by atoms with Gasteiger partial charge in [0.05, 0.1) is 12.0 Å². The van der Waals surface area contributed by atoms with Crippen molar-refractivity contribution in [3.8, 4) is 11.5 Å². The minimum Gasteiger partial charge on any atom is -0.454 e. The smallest absolute Gasteiger partial charge is 0.251 e. The van der Waals surface area contributed by atoms with Crippen LogP contribution >= 0.6 is 0 Å². The van der Waals surface area contributed by atoms with E-state index in [0.717, 1.165) is 39.0 Å². The first-order chi connectivity index (χ1) is 13.2. The summed E-state index contributed by atoms with van der Waals surface area (Å²) in [6.45, 7) is 7.00. The topological polar surface area (TPSA) is 68.6 Å². The van der Waals surface area contributed by atoms with Crippen LogP contribution < -0.4 is 14.8 Å². The minimum absolute atomic E-state index is 0.0607. The number of piperidine rings is 1. The number of aryl methyl sites for hydroxylation is 1. The van der Waals surface area contributed by atoms with Gasteiger partial charge in [0.15, 0.2) is 11.5 Å². The zero-order chi connectivity index (χ0) is 18.6. The fraction of sp³-hybridized carbons (Fsp3) is 0.500. The molecule has 144 valence electrons. The Labute approximate surface area is 159 Å². The number of carbonyl (C=O) groups excluding carboxylic acids is 1. The van der Waals surface area contributed by atoms with Crippen molar-refractivity contribution in [2.75, 3.05) is 26.4 Å². The number of fused-ring (bicyclic) bond motifs is 1. The second-order valence-electron chi connectivity index (χ2n) is 7.19. The van der Waals surface area contributed by atoms with Crippen molar-refractivity contribution in [2.45, 2.75) is 32.9 Å². The first-order valence-corrected chi connectivity index (χ1v) is 9.62. The number of ether oxygens (including phenoxy) is 2. The molecule has 0 saturated carbocycles. The summed E-state index contributed by atoms with van der Waals surface area (Å²) in [5.74, 6) is 1.74. The lowest BCUT2D eigenvalue weighted by Gasteiger charge is -2.32. The molecule has 1 aromatic carbocycles. The molecule has 2 aliphatic rings. The molecule has 27 heavy (non-hydrogen) atoms. The number of nitrogens with one attached hydrogen (secondary N) is 1. The standard InChI is InChI=1S/C20H26N4O3/c1-2-24-13-21-10-17(24)12-23-7-3-4-15(11-23)9-22-20(25)16-5-6-18-19(8-16)27-14-26-18/h5-6,8,10,13,15H,2-4,7,9,11-12,14H2,1H3,(H,22,25)/t15-/m1/s1. The highest BCUT2D eigenvalue weighted by Crippen LogP contribution is 2.32. The van der Waals surface area contributed by atoms with E-state index in [-0.39, 0.29) is 12.7 Å². The van der Waals surface area contributed by atoms with Gasteiger partial charge in [-0.1, -0.05) is 0 Å². The predicted molar refractivity (Wildman–Crippen MR) is 101 cm³/mol. The van der Waals surface area contributed by atoms with E-state index in [4.69, 9.17) is 9.47 Å². The van der Waals surface area contributed by atoms with Gasteiger partial charge in [-0.05, 0) is 50.4 Å². The van der Waals surface area contributed by atoms with Crippen LogP contribution in [0.25, 0.3) is 0 Å². The quantitative estimate of drug-likeness (QED) is 0.845. The molecule has 0 spiro atoms. The van der Waals surface area contributed by atoms with E-state index in [1.54, 1.807) is 18.2 Å². The van der Waals surface area contributed by atoms with Crippen LogP contribution in [0.15, 0.2) is 30.7 Å². The molecule has 1 fully saturated rings. The molecular weight excluding hydrogens is 344 g/mol. The van der Waals surface area contributed by atoms with Crippen LogP contribution in [0.3, 0.4) is 0 Å². The molecular formula is C20H26N4O3. The van der Waals surface area contributed by atoms with E-state index in [0.29, 0.717) is 29.5 Å². The van der Waals surface area contributed by atoms with Crippen LogP contribution in [0.5, 0.6) is 11.5 Å². The summed E-state index contributed by atoms with van der Waals surface area (Å²) in [6.07, 6.45) is 6.15. The second kappa shape index (κ2) is 8.00. The van der Waals surface area contributed by atoms with E-state index in [9.17, 15) is 4.79 Å². The van der Waals surface area contributed by atoms with Gasteiger partial charge in [0, 0.05) is 37.9 Å². The Morgan fingerprint density at radius 1 is 1.33 bits per heavy atom. The van der Waals surface area contributed by atoms with Crippen LogP contribution in [0.2, 0.25) is 0 Å². The Hall–Kier alpha value is -2.54. The lowest BCUT2D eigenvalue weighted by molar-refractivity contribution is 0.0929. The molecule has 0 aliphatic carbocycles. The first kappa shape index (κ1) is 17.9. The molecule has 1 N–H and O–H groups in total. The molecule has 1 saturated heterocycles. The molecule has 2 aromatic rings. The normalized spacial score (nSPS) is 19.2. The van der Waals surface area contributed by atoms with Crippen molar-refractivity contribution in [1.82, 2.24) is 19.8 Å². The molecule has 4 rings (SSSR count). The van der Waals surface area contributed by atoms with Gasteiger partial charge in [-0.2, -0.15) is 0 Å². The molecule has 7 nitrogen and oxygen atoms in total. The van der Waals surface area contributed by atoms with Crippen molar-refractivity contribution >= 4 is 5.91 Å². The number of likely N-dealkylation sites (tertiary alicyclic amines) is 1. The number of carbonyl (C=O) groups is 1. The van der Waals surface area contributed by atoms with Gasteiger partial charge < -0.3 is 19.4 Å². The highest BCUT2D eigenvalue weighted by Gasteiger charge is 2.22. The molecule has 3 heterocycles. The average Bonchev–Trinajstić information content (AvgIpc) is 3.34. The number of nitrogens with zero attached hydrogens (tertiary/aromatic N) is 3. The number of rotatable bonds is 6. The molecule has 0 bridgehead atoms. The summed E-state index contributed by atoms with van der Waals surface area (Å²) in [7, 11) is 0. The number of imidazole rings is 1. The van der Waals surface area contributed by atoms with Gasteiger partial charge in [-0.15, -0.1) is 0 Å². The Bertz CT molecular complexity index is 804. The molecule has 0 radical (unpaired) electrons. The van der Waals surface area contributed by atoms with Gasteiger partial charge in [0.1, 0.15) is 0 Å². The fourth-order valence-electron chi connectivity index (χ4n) is 3.83. The van der Waals surface area contributed by atoms with E-state index in [1.807, 2.05) is 12.5 Å². The maximum Gasteiger partial charge on any atom is 0.251 e. The molecule has 0 unspecified atom stereocenters. The Morgan fingerprint density at radius 2 is 2.22 bits per heavy atom. The summed E-state index contributed by atoms with van der Waals surface area (Å²) in [5, 5.41) is 3.08. The SMILES string of the molecule is CCn1cncc1CN1CCC[C@H](CNC(=O)c2ccc3c(c2)OCO3)C1. The second-order valence-corrected chi connectivity index (χ2v) is 7.19. The maximum absolute atomic E-state index is 12.5. The number of benzene rings is 1. The monoisotopic (exact) mass is 370 g/mol. The highest BCUT2D eigenvalue weighted by atomic mass is 16.7. The number of aromatic nitrogens is 2. The van der Waals surface area contributed by atoms with E-state index in [1.165, 1.54) is 5.69 Å². The third kappa shape index (κ3) is 4.08. The zero-order valence-corrected chi connectivity index (χ0v) is 15.7. The molecule has 1 amide bonds. The van der Waals surface area contributed by atoms with Crippen molar-refractivity contribution in [3.05, 3.63) is 42.0 Å². The first-order valence-electron chi connectivity index (χ1n) is 9.62. The molecule has 7 heteroatoms. The number of amides is 1. The average molecular weight is 370 g/mol. The van der Waals surface area contributed by atoms with E-state index < -0.39 is 0 Å². The Morgan fingerprint density at radius 3 is 3.11 bits per heavy atom. The van der Waals surface area contributed by atoms with Crippen LogP contribution in [-0.4, -0.2) is 46.8 Å². The lowest BCUT2D eigenvalue weighted by Crippen LogP contribution is -2.40. The predicted octanol–water partition coefficient (Wildman–Crippen LogP) is 2.27. The van der Waals surface area contributed by atoms with Crippen molar-refractivity contribution in [1.29, 1.82) is 0 Å². The number of hydrogen-bond acceptors (Lipinski definition) is 5. The largest absolute Gasteiger partial charge is 0.454 e. The Kier molecular flexibility index (Phi) is 5.29. The minimum atomic E-state index is -0.0607. The van der Waals surface area contributed by atoms with Crippen molar-refractivity contribution in [3.63, 3.8) is 0 Å². The zero-order valence-electron chi connectivity index (χ0n) is 15.7. The van der Waals surface area contributed by atoms with E-state index >= 15 is 0 Å². The van der Waals surface area contributed by atoms with Crippen LogP contribution in [0.4, 0.5) is 0 Å². The molecule has 2 aliphatic heterocycles. The van der Waals surface area contributed by atoms with E-state index in [2.05, 4.69) is 26.7 Å². The summed E-state index contributed by atoms with van der Waals surface area (Å²) in [4.78, 5) is 19.2. The Balaban J connectivity index is 1.29. The van der Waals surface area contributed by atoms with Gasteiger partial charge in [-0.25, -0.2) is 4.98 Å².